The van der Waals surface area contributed by atoms with Crippen molar-refractivity contribution in [1.29, 1.82) is 0 Å². The van der Waals surface area contributed by atoms with Gasteiger partial charge >= 0.3 is 5.97 Å². The first-order valence-electron chi connectivity index (χ1n) is 4.90. The fourth-order valence-corrected chi connectivity index (χ4v) is 1.20. The van der Waals surface area contributed by atoms with Gasteiger partial charge in [0.25, 0.3) is 5.91 Å². The van der Waals surface area contributed by atoms with Gasteiger partial charge in [0.05, 0.1) is 12.1 Å². The molecule has 0 unspecified atom stereocenters. The summed E-state index contributed by atoms with van der Waals surface area (Å²) in [6.07, 6.45) is -0.170. The van der Waals surface area contributed by atoms with Crippen molar-refractivity contribution >= 4 is 17.6 Å². The largest absolute Gasteiger partial charge is 0.506 e. The van der Waals surface area contributed by atoms with Gasteiger partial charge in [-0.25, -0.2) is 0 Å². The molecule has 0 aromatic heterocycles. The Hall–Kier alpha value is -2.30. The van der Waals surface area contributed by atoms with Crippen molar-refractivity contribution in [2.24, 2.45) is 0 Å². The Balaban J connectivity index is 2.94. The molecular formula is C12H13NO4. The fourth-order valence-electron chi connectivity index (χ4n) is 1.20. The Kier molecular flexibility index (Phi) is 3.87. The zero-order valence-corrected chi connectivity index (χ0v) is 9.36. The lowest BCUT2D eigenvalue weighted by Crippen LogP contribution is -2.12. The van der Waals surface area contributed by atoms with E-state index in [1.807, 2.05) is 0 Å². The summed E-state index contributed by atoms with van der Waals surface area (Å²) in [6, 6.07) is 4.25. The predicted octanol–water partition coefficient (Wildman–Crippen LogP) is 1.53. The smallest absolute Gasteiger partial charge is 0.307 e. The molecule has 1 amide bonds. The van der Waals surface area contributed by atoms with Crippen molar-refractivity contribution in [2.45, 2.75) is 13.3 Å². The van der Waals surface area contributed by atoms with Crippen molar-refractivity contribution in [3.63, 3.8) is 0 Å². The van der Waals surface area contributed by atoms with Crippen LogP contribution in [0.4, 0.5) is 5.69 Å². The summed E-state index contributed by atoms with van der Waals surface area (Å²) in [5, 5.41) is 20.6. The van der Waals surface area contributed by atoms with Gasteiger partial charge < -0.3 is 15.5 Å². The first kappa shape index (κ1) is 12.8. The van der Waals surface area contributed by atoms with Gasteiger partial charge in [0.2, 0.25) is 0 Å². The SMILES string of the molecule is C=C(C)C(=O)Nc1cc(CC(=O)O)ccc1O. The van der Waals surface area contributed by atoms with Crippen LogP contribution in [0.25, 0.3) is 0 Å². The summed E-state index contributed by atoms with van der Waals surface area (Å²) in [6.45, 7) is 5.00. The summed E-state index contributed by atoms with van der Waals surface area (Å²) >= 11 is 0. The predicted molar refractivity (Wildman–Crippen MR) is 62.9 cm³/mol. The van der Waals surface area contributed by atoms with Crippen LogP contribution >= 0.6 is 0 Å². The number of phenols is 1. The summed E-state index contributed by atoms with van der Waals surface area (Å²) in [5.41, 5.74) is 0.970. The number of anilines is 1. The van der Waals surface area contributed by atoms with E-state index in [0.717, 1.165) is 0 Å². The second-order valence-electron chi connectivity index (χ2n) is 3.66. The van der Waals surface area contributed by atoms with Gasteiger partial charge in [-0.05, 0) is 24.6 Å². The average Bonchev–Trinajstić information content (AvgIpc) is 2.22. The minimum absolute atomic E-state index is 0.117. The highest BCUT2D eigenvalue weighted by atomic mass is 16.4. The molecule has 0 bridgehead atoms. The molecule has 0 fully saturated rings. The number of nitrogens with one attached hydrogen (secondary N) is 1. The van der Waals surface area contributed by atoms with Crippen LogP contribution in [0.2, 0.25) is 0 Å². The summed E-state index contributed by atoms with van der Waals surface area (Å²) in [5.74, 6) is -1.52. The third-order valence-electron chi connectivity index (χ3n) is 2.05. The molecule has 0 radical (unpaired) electrons. The molecule has 0 spiro atoms. The van der Waals surface area contributed by atoms with Crippen molar-refractivity contribution < 1.29 is 19.8 Å². The van der Waals surface area contributed by atoms with Crippen LogP contribution < -0.4 is 5.32 Å². The lowest BCUT2D eigenvalue weighted by Gasteiger charge is -2.08. The Morgan fingerprint density at radius 3 is 2.59 bits per heavy atom. The van der Waals surface area contributed by atoms with Gasteiger partial charge in [-0.3, -0.25) is 9.59 Å². The third kappa shape index (κ3) is 3.64. The van der Waals surface area contributed by atoms with E-state index in [0.29, 0.717) is 11.1 Å². The molecule has 17 heavy (non-hydrogen) atoms. The summed E-state index contributed by atoms with van der Waals surface area (Å²) in [4.78, 5) is 21.9. The molecule has 90 valence electrons. The number of aliphatic carboxylic acids is 1. The van der Waals surface area contributed by atoms with Gasteiger partial charge in [0.1, 0.15) is 5.75 Å². The number of rotatable bonds is 4. The van der Waals surface area contributed by atoms with Crippen LogP contribution in [0.5, 0.6) is 5.75 Å². The quantitative estimate of drug-likeness (QED) is 0.545. The van der Waals surface area contributed by atoms with Gasteiger partial charge in [-0.1, -0.05) is 12.6 Å². The number of carboxylic acids is 1. The van der Waals surface area contributed by atoms with E-state index in [1.165, 1.54) is 25.1 Å². The van der Waals surface area contributed by atoms with Crippen molar-refractivity contribution in [2.75, 3.05) is 5.32 Å². The molecule has 0 atom stereocenters. The van der Waals surface area contributed by atoms with Crippen LogP contribution in [-0.4, -0.2) is 22.1 Å². The third-order valence-corrected chi connectivity index (χ3v) is 2.05. The molecule has 1 aromatic rings. The topological polar surface area (TPSA) is 86.6 Å². The molecular weight excluding hydrogens is 222 g/mol. The Morgan fingerprint density at radius 1 is 1.41 bits per heavy atom. The Labute approximate surface area is 98.4 Å². The lowest BCUT2D eigenvalue weighted by molar-refractivity contribution is -0.136. The van der Waals surface area contributed by atoms with Crippen LogP contribution in [0.15, 0.2) is 30.4 Å². The molecule has 0 saturated carbocycles. The van der Waals surface area contributed by atoms with Crippen LogP contribution in [0.1, 0.15) is 12.5 Å². The molecule has 1 rings (SSSR count). The molecule has 0 aliphatic rings. The van der Waals surface area contributed by atoms with E-state index >= 15 is 0 Å². The van der Waals surface area contributed by atoms with E-state index in [9.17, 15) is 14.7 Å². The monoisotopic (exact) mass is 235 g/mol. The van der Waals surface area contributed by atoms with Gasteiger partial charge in [-0.2, -0.15) is 0 Å². The molecule has 5 heteroatoms. The molecule has 0 aliphatic heterocycles. The number of aromatic hydroxyl groups is 1. The average molecular weight is 235 g/mol. The van der Waals surface area contributed by atoms with Gasteiger partial charge in [0, 0.05) is 5.57 Å². The minimum Gasteiger partial charge on any atom is -0.506 e. The lowest BCUT2D eigenvalue weighted by atomic mass is 10.1. The standard InChI is InChI=1S/C12H13NO4/c1-7(2)12(17)13-9-5-8(6-11(15)16)3-4-10(9)14/h3-5,14H,1,6H2,2H3,(H,13,17)(H,15,16). The van der Waals surface area contributed by atoms with E-state index in [-0.39, 0.29) is 17.9 Å². The number of amides is 1. The zero-order chi connectivity index (χ0) is 13.0. The van der Waals surface area contributed by atoms with E-state index in [2.05, 4.69) is 11.9 Å². The first-order valence-corrected chi connectivity index (χ1v) is 4.90. The number of carbonyl (C=O) groups excluding carboxylic acids is 1. The maximum atomic E-state index is 11.4. The Bertz CT molecular complexity index is 479. The van der Waals surface area contributed by atoms with Crippen molar-refractivity contribution in [3.8, 4) is 5.75 Å². The second-order valence-corrected chi connectivity index (χ2v) is 3.66. The minimum atomic E-state index is -0.979. The number of hydrogen-bond donors (Lipinski definition) is 3. The number of hydrogen-bond acceptors (Lipinski definition) is 3. The fraction of sp³-hybridized carbons (Fsp3) is 0.167. The van der Waals surface area contributed by atoms with Crippen LogP contribution in [0.3, 0.4) is 0 Å². The molecule has 0 heterocycles. The number of phenolic OH excluding ortho intramolecular Hbond substituents is 1. The zero-order valence-electron chi connectivity index (χ0n) is 9.36. The second kappa shape index (κ2) is 5.16. The van der Waals surface area contributed by atoms with Crippen molar-refractivity contribution in [1.82, 2.24) is 0 Å². The number of benzene rings is 1. The molecule has 3 N–H and O–H groups in total. The summed E-state index contributed by atoms with van der Waals surface area (Å²) < 4.78 is 0. The maximum absolute atomic E-state index is 11.4. The first-order chi connectivity index (χ1) is 7.90. The summed E-state index contributed by atoms with van der Waals surface area (Å²) in [7, 11) is 0. The maximum Gasteiger partial charge on any atom is 0.307 e. The van der Waals surface area contributed by atoms with Gasteiger partial charge in [-0.15, -0.1) is 0 Å². The Morgan fingerprint density at radius 2 is 2.06 bits per heavy atom. The molecule has 0 saturated heterocycles. The van der Waals surface area contributed by atoms with E-state index < -0.39 is 11.9 Å². The highest BCUT2D eigenvalue weighted by Crippen LogP contribution is 2.24. The van der Waals surface area contributed by atoms with E-state index in [1.54, 1.807) is 0 Å². The molecule has 1 aromatic carbocycles. The van der Waals surface area contributed by atoms with Crippen LogP contribution in [-0.2, 0) is 16.0 Å². The number of carbonyl (C=O) groups is 2. The normalized spacial score (nSPS) is 9.71. The number of carboxylic acid groups (broad SMARTS) is 1. The highest BCUT2D eigenvalue weighted by Gasteiger charge is 2.09. The highest BCUT2D eigenvalue weighted by molar-refractivity contribution is 6.03. The van der Waals surface area contributed by atoms with Crippen molar-refractivity contribution in [3.05, 3.63) is 35.9 Å². The molecule has 0 aliphatic carbocycles. The van der Waals surface area contributed by atoms with Gasteiger partial charge in [0.15, 0.2) is 0 Å². The van der Waals surface area contributed by atoms with Crippen LogP contribution in [0, 0.1) is 0 Å². The van der Waals surface area contributed by atoms with E-state index in [4.69, 9.17) is 5.11 Å². The molecule has 5 nitrogen and oxygen atoms in total.